The van der Waals surface area contributed by atoms with Crippen LogP contribution in [0.15, 0.2) is 36.4 Å². The molecule has 0 spiro atoms. The van der Waals surface area contributed by atoms with Crippen LogP contribution in [0.5, 0.6) is 0 Å². The smallest absolute Gasteiger partial charge is 0.0705 e. The molecule has 1 N–H and O–H groups in total. The molecule has 1 aliphatic rings. The highest BCUT2D eigenvalue weighted by molar-refractivity contribution is 5.78. The molecule has 1 aromatic heterocycles. The number of nitrogens with one attached hydrogen (secondary N) is 1. The Bertz CT molecular complexity index is 550. The number of fused-ring (bicyclic) bond motifs is 1. The first-order chi connectivity index (χ1) is 8.78. The van der Waals surface area contributed by atoms with Gasteiger partial charge in [-0.3, -0.25) is 4.98 Å². The molecule has 1 saturated carbocycles. The third-order valence-corrected chi connectivity index (χ3v) is 4.14. The maximum Gasteiger partial charge on any atom is 0.0705 e. The van der Waals surface area contributed by atoms with Gasteiger partial charge >= 0.3 is 0 Å². The minimum atomic E-state index is 0.577. The molecule has 0 radical (unpaired) electrons. The molecule has 1 fully saturated rings. The van der Waals surface area contributed by atoms with Crippen LogP contribution in [0.4, 0.5) is 0 Å². The van der Waals surface area contributed by atoms with Crippen LogP contribution in [0, 0.1) is 11.8 Å². The average molecular weight is 240 g/mol. The van der Waals surface area contributed by atoms with Gasteiger partial charge in [0.2, 0.25) is 0 Å². The molecule has 1 aromatic carbocycles. The van der Waals surface area contributed by atoms with Gasteiger partial charge in [-0.1, -0.05) is 31.2 Å². The molecule has 94 valence electrons. The van der Waals surface area contributed by atoms with E-state index in [2.05, 4.69) is 55.7 Å². The molecule has 3 atom stereocenters. The molecule has 3 unspecified atom stereocenters. The first-order valence-electron chi connectivity index (χ1n) is 6.80. The van der Waals surface area contributed by atoms with E-state index in [0.717, 1.165) is 23.8 Å². The van der Waals surface area contributed by atoms with Gasteiger partial charge in [-0.2, -0.15) is 0 Å². The fourth-order valence-electron chi connectivity index (χ4n) is 2.83. The van der Waals surface area contributed by atoms with E-state index >= 15 is 0 Å². The monoisotopic (exact) mass is 240 g/mol. The number of likely N-dealkylation sites (N-methyl/N-ethyl adjacent to an activating group) is 1. The number of benzene rings is 1. The largest absolute Gasteiger partial charge is 0.316 e. The molecule has 3 rings (SSSR count). The number of nitrogens with zero attached hydrogens (tertiary/aromatic N) is 1. The molecule has 2 aromatic rings. The number of rotatable bonds is 4. The highest BCUT2D eigenvalue weighted by atomic mass is 14.9. The van der Waals surface area contributed by atoms with Crippen molar-refractivity contribution < 1.29 is 0 Å². The van der Waals surface area contributed by atoms with Gasteiger partial charge in [0, 0.05) is 23.5 Å². The lowest BCUT2D eigenvalue weighted by Crippen LogP contribution is -2.30. The number of pyridine rings is 1. The van der Waals surface area contributed by atoms with Gasteiger partial charge in [0.1, 0.15) is 0 Å². The summed E-state index contributed by atoms with van der Waals surface area (Å²) in [6, 6.07) is 13.2. The maximum atomic E-state index is 4.76. The van der Waals surface area contributed by atoms with Crippen molar-refractivity contribution in [1.82, 2.24) is 10.3 Å². The van der Waals surface area contributed by atoms with Crippen molar-refractivity contribution in [2.24, 2.45) is 11.8 Å². The third-order valence-electron chi connectivity index (χ3n) is 4.14. The van der Waals surface area contributed by atoms with E-state index in [9.17, 15) is 0 Å². The summed E-state index contributed by atoms with van der Waals surface area (Å²) in [6.07, 6.45) is 2.40. The minimum absolute atomic E-state index is 0.577. The topological polar surface area (TPSA) is 24.9 Å². The minimum Gasteiger partial charge on any atom is -0.316 e. The Kier molecular flexibility index (Phi) is 3.04. The van der Waals surface area contributed by atoms with Crippen molar-refractivity contribution in [3.63, 3.8) is 0 Å². The number of hydrogen-bond acceptors (Lipinski definition) is 2. The second kappa shape index (κ2) is 4.69. The van der Waals surface area contributed by atoms with Gasteiger partial charge in [-0.15, -0.1) is 0 Å². The second-order valence-corrected chi connectivity index (χ2v) is 5.47. The first-order valence-corrected chi connectivity index (χ1v) is 6.80. The second-order valence-electron chi connectivity index (χ2n) is 5.47. The highest BCUT2D eigenvalue weighted by Gasteiger charge is 2.38. The lowest BCUT2D eigenvalue weighted by Gasteiger charge is -2.15. The molecule has 2 heteroatoms. The predicted molar refractivity (Wildman–Crippen MR) is 75.6 cm³/mol. The van der Waals surface area contributed by atoms with Crippen molar-refractivity contribution in [3.8, 4) is 0 Å². The van der Waals surface area contributed by atoms with Crippen LogP contribution in [0.1, 0.15) is 19.0 Å². The van der Waals surface area contributed by atoms with E-state index in [0.29, 0.717) is 6.04 Å². The zero-order valence-electron chi connectivity index (χ0n) is 11.1. The normalized spacial score (nSPS) is 24.1. The Morgan fingerprint density at radius 3 is 2.78 bits per heavy atom. The van der Waals surface area contributed by atoms with Crippen LogP contribution in [0.2, 0.25) is 0 Å². The molecule has 1 heterocycles. The zero-order chi connectivity index (χ0) is 12.5. The highest BCUT2D eigenvalue weighted by Crippen LogP contribution is 2.41. The molecule has 0 aliphatic heterocycles. The van der Waals surface area contributed by atoms with Crippen molar-refractivity contribution in [1.29, 1.82) is 0 Å². The van der Waals surface area contributed by atoms with Crippen molar-refractivity contribution in [2.75, 3.05) is 7.05 Å². The van der Waals surface area contributed by atoms with Crippen molar-refractivity contribution in [2.45, 2.75) is 25.8 Å². The Morgan fingerprint density at radius 2 is 2.06 bits per heavy atom. The summed E-state index contributed by atoms with van der Waals surface area (Å²) in [4.78, 5) is 4.76. The zero-order valence-corrected chi connectivity index (χ0v) is 11.1. The molecular formula is C16H20N2. The third kappa shape index (κ3) is 2.25. The van der Waals surface area contributed by atoms with Crippen LogP contribution in [-0.2, 0) is 6.42 Å². The Balaban J connectivity index is 1.81. The van der Waals surface area contributed by atoms with E-state index in [1.807, 2.05) is 0 Å². The summed E-state index contributed by atoms with van der Waals surface area (Å²) in [6.45, 7) is 2.34. The number of para-hydroxylation sites is 1. The summed E-state index contributed by atoms with van der Waals surface area (Å²) in [5.74, 6) is 1.71. The fraction of sp³-hybridized carbons (Fsp3) is 0.438. The summed E-state index contributed by atoms with van der Waals surface area (Å²) >= 11 is 0. The standard InChI is InChI=1S/C16H20N2/c1-11-9-14(11)16(17-2)10-13-8-7-12-5-3-4-6-15(12)18-13/h3-8,11,14,16-17H,9-10H2,1-2H3. The van der Waals surface area contributed by atoms with Crippen LogP contribution in [0.3, 0.4) is 0 Å². The maximum absolute atomic E-state index is 4.76. The van der Waals surface area contributed by atoms with Crippen LogP contribution >= 0.6 is 0 Å². The van der Waals surface area contributed by atoms with Gasteiger partial charge in [0.05, 0.1) is 5.52 Å². The van der Waals surface area contributed by atoms with Gasteiger partial charge in [0.15, 0.2) is 0 Å². The summed E-state index contributed by atoms with van der Waals surface area (Å²) < 4.78 is 0. The van der Waals surface area contributed by atoms with Crippen LogP contribution in [0.25, 0.3) is 10.9 Å². The molecule has 1 aliphatic carbocycles. The van der Waals surface area contributed by atoms with E-state index in [4.69, 9.17) is 4.98 Å². The Hall–Kier alpha value is -1.41. The quantitative estimate of drug-likeness (QED) is 0.888. The molecule has 18 heavy (non-hydrogen) atoms. The van der Waals surface area contributed by atoms with E-state index in [1.165, 1.54) is 17.5 Å². The van der Waals surface area contributed by atoms with E-state index in [-0.39, 0.29) is 0 Å². The van der Waals surface area contributed by atoms with Crippen LogP contribution < -0.4 is 5.32 Å². The summed E-state index contributed by atoms with van der Waals surface area (Å²) in [5.41, 5.74) is 2.31. The average Bonchev–Trinajstić information content (AvgIpc) is 3.13. The molecule has 2 nitrogen and oxygen atoms in total. The van der Waals surface area contributed by atoms with Crippen molar-refractivity contribution in [3.05, 3.63) is 42.1 Å². The Labute approximate surface area is 108 Å². The van der Waals surface area contributed by atoms with Crippen LogP contribution in [-0.4, -0.2) is 18.1 Å². The SMILES string of the molecule is CNC(Cc1ccc2ccccc2n1)C1CC1C. The number of aromatic nitrogens is 1. The van der Waals surface area contributed by atoms with Gasteiger partial charge < -0.3 is 5.32 Å². The van der Waals surface area contributed by atoms with Crippen molar-refractivity contribution >= 4 is 10.9 Å². The first kappa shape index (κ1) is 11.7. The summed E-state index contributed by atoms with van der Waals surface area (Å²) in [7, 11) is 2.07. The molecular weight excluding hydrogens is 220 g/mol. The number of hydrogen-bond donors (Lipinski definition) is 1. The van der Waals surface area contributed by atoms with E-state index < -0.39 is 0 Å². The Morgan fingerprint density at radius 1 is 1.28 bits per heavy atom. The molecule has 0 saturated heterocycles. The van der Waals surface area contributed by atoms with Gasteiger partial charge in [-0.05, 0) is 37.4 Å². The molecule has 0 bridgehead atoms. The lowest BCUT2D eigenvalue weighted by atomic mass is 10.0. The predicted octanol–water partition coefficient (Wildman–Crippen LogP) is 3.02. The van der Waals surface area contributed by atoms with Gasteiger partial charge in [-0.25, -0.2) is 0 Å². The summed E-state index contributed by atoms with van der Waals surface area (Å²) in [5, 5.41) is 4.68. The van der Waals surface area contributed by atoms with Gasteiger partial charge in [0.25, 0.3) is 0 Å². The van der Waals surface area contributed by atoms with E-state index in [1.54, 1.807) is 0 Å². The lowest BCUT2D eigenvalue weighted by molar-refractivity contribution is 0.476. The fourth-order valence-corrected chi connectivity index (χ4v) is 2.83. The molecule has 0 amide bonds.